The first-order valence-corrected chi connectivity index (χ1v) is 9.64. The maximum Gasteiger partial charge on any atom is 0.191 e. The summed E-state index contributed by atoms with van der Waals surface area (Å²) in [6.45, 7) is 2.48. The van der Waals surface area contributed by atoms with Crippen LogP contribution in [-0.2, 0) is 9.84 Å². The summed E-state index contributed by atoms with van der Waals surface area (Å²) in [4.78, 5) is 4.11. The Balaban J connectivity index is 2.55. The van der Waals surface area contributed by atoms with E-state index in [4.69, 9.17) is 23.2 Å². The predicted octanol–water partition coefficient (Wildman–Crippen LogP) is 2.65. The number of hydrogen-bond donors (Lipinski definition) is 2. The van der Waals surface area contributed by atoms with E-state index in [0.717, 1.165) is 5.56 Å². The monoisotopic (exact) mass is 365 g/mol. The van der Waals surface area contributed by atoms with Crippen LogP contribution in [0.3, 0.4) is 0 Å². The molecule has 0 aliphatic carbocycles. The average molecular weight is 366 g/mol. The standard InChI is InChI=1S/C14H21Cl2N3O2S/c1-10(12-6-5-11(15)9-13(12)16)19-14(17-2)18-7-4-8-22(3,20)21/h5-6,9-10H,4,7-8H2,1-3H3,(H2,17,18,19). The van der Waals surface area contributed by atoms with Gasteiger partial charge in [-0.05, 0) is 31.0 Å². The van der Waals surface area contributed by atoms with Crippen LogP contribution in [0.2, 0.25) is 10.0 Å². The minimum absolute atomic E-state index is 0.0640. The zero-order valence-electron chi connectivity index (χ0n) is 12.9. The quantitative estimate of drug-likeness (QED) is 0.461. The van der Waals surface area contributed by atoms with Gasteiger partial charge in [-0.25, -0.2) is 8.42 Å². The summed E-state index contributed by atoms with van der Waals surface area (Å²) in [6.07, 6.45) is 1.75. The molecule has 0 aliphatic rings. The summed E-state index contributed by atoms with van der Waals surface area (Å²) < 4.78 is 22.1. The number of aliphatic imine (C=N–C) groups is 1. The van der Waals surface area contributed by atoms with Crippen molar-refractivity contribution < 1.29 is 8.42 Å². The SMILES string of the molecule is CN=C(NCCCS(C)(=O)=O)NC(C)c1ccc(Cl)cc1Cl. The highest BCUT2D eigenvalue weighted by atomic mass is 35.5. The molecule has 1 atom stereocenters. The Morgan fingerprint density at radius 2 is 2.05 bits per heavy atom. The van der Waals surface area contributed by atoms with E-state index in [9.17, 15) is 8.42 Å². The van der Waals surface area contributed by atoms with Crippen LogP contribution in [0.5, 0.6) is 0 Å². The second kappa shape index (κ2) is 8.60. The van der Waals surface area contributed by atoms with Gasteiger partial charge in [-0.2, -0.15) is 0 Å². The van der Waals surface area contributed by atoms with Gasteiger partial charge in [0.25, 0.3) is 0 Å². The molecule has 124 valence electrons. The van der Waals surface area contributed by atoms with Crippen molar-refractivity contribution in [2.75, 3.05) is 25.6 Å². The summed E-state index contributed by atoms with van der Waals surface area (Å²) in [5.74, 6) is 0.738. The van der Waals surface area contributed by atoms with Crippen molar-refractivity contribution in [3.63, 3.8) is 0 Å². The molecule has 2 N–H and O–H groups in total. The van der Waals surface area contributed by atoms with Crippen molar-refractivity contribution in [3.8, 4) is 0 Å². The predicted molar refractivity (Wildman–Crippen MR) is 93.7 cm³/mol. The molecule has 22 heavy (non-hydrogen) atoms. The topological polar surface area (TPSA) is 70.6 Å². The molecule has 0 amide bonds. The Morgan fingerprint density at radius 3 is 2.59 bits per heavy atom. The van der Waals surface area contributed by atoms with Gasteiger partial charge in [-0.3, -0.25) is 4.99 Å². The molecule has 0 saturated carbocycles. The maximum atomic E-state index is 11.1. The number of guanidine groups is 1. The number of hydrogen-bond acceptors (Lipinski definition) is 3. The summed E-state index contributed by atoms with van der Waals surface area (Å²) >= 11 is 12.1. The lowest BCUT2D eigenvalue weighted by Gasteiger charge is -2.19. The molecular formula is C14H21Cl2N3O2S. The molecule has 8 heteroatoms. The van der Waals surface area contributed by atoms with E-state index < -0.39 is 9.84 Å². The van der Waals surface area contributed by atoms with E-state index in [2.05, 4.69) is 15.6 Å². The van der Waals surface area contributed by atoms with Crippen LogP contribution < -0.4 is 10.6 Å². The summed E-state index contributed by atoms with van der Waals surface area (Å²) in [5.41, 5.74) is 0.908. The molecule has 5 nitrogen and oxygen atoms in total. The molecule has 1 aromatic rings. The number of nitrogens with zero attached hydrogens (tertiary/aromatic N) is 1. The first-order valence-electron chi connectivity index (χ1n) is 6.83. The van der Waals surface area contributed by atoms with Gasteiger partial charge in [0, 0.05) is 29.9 Å². The van der Waals surface area contributed by atoms with Crippen molar-refractivity contribution in [3.05, 3.63) is 33.8 Å². The first kappa shape index (κ1) is 19.1. The van der Waals surface area contributed by atoms with Gasteiger partial charge in [0.05, 0.1) is 11.8 Å². The Bertz CT molecular complexity index is 633. The largest absolute Gasteiger partial charge is 0.356 e. The van der Waals surface area contributed by atoms with Gasteiger partial charge >= 0.3 is 0 Å². The van der Waals surface area contributed by atoms with Crippen molar-refractivity contribution >= 4 is 39.0 Å². The minimum atomic E-state index is -2.93. The summed E-state index contributed by atoms with van der Waals surface area (Å²) in [7, 11) is -1.28. The highest BCUT2D eigenvalue weighted by Gasteiger charge is 2.11. The molecule has 0 aromatic heterocycles. The van der Waals surface area contributed by atoms with Crippen LogP contribution in [-0.4, -0.2) is 40.0 Å². The normalized spacial score (nSPS) is 13.8. The van der Waals surface area contributed by atoms with E-state index in [-0.39, 0.29) is 11.8 Å². The number of benzene rings is 1. The molecule has 0 bridgehead atoms. The van der Waals surface area contributed by atoms with Gasteiger partial charge in [-0.15, -0.1) is 0 Å². The molecule has 0 aliphatic heterocycles. The van der Waals surface area contributed by atoms with Crippen molar-refractivity contribution in [1.82, 2.24) is 10.6 Å². The molecule has 0 heterocycles. The smallest absolute Gasteiger partial charge is 0.191 e. The van der Waals surface area contributed by atoms with Crippen molar-refractivity contribution in [2.24, 2.45) is 4.99 Å². The third-order valence-electron chi connectivity index (χ3n) is 2.99. The van der Waals surface area contributed by atoms with Gasteiger partial charge < -0.3 is 10.6 Å². The zero-order valence-corrected chi connectivity index (χ0v) is 15.2. The number of rotatable bonds is 6. The lowest BCUT2D eigenvalue weighted by molar-refractivity contribution is 0.598. The van der Waals surface area contributed by atoms with Crippen LogP contribution in [0.1, 0.15) is 24.9 Å². The Kier molecular flexibility index (Phi) is 7.45. The van der Waals surface area contributed by atoms with Crippen molar-refractivity contribution in [2.45, 2.75) is 19.4 Å². The Labute approximate surface area is 142 Å². The molecule has 1 aromatic carbocycles. The van der Waals surface area contributed by atoms with Gasteiger partial charge in [0.15, 0.2) is 5.96 Å². The van der Waals surface area contributed by atoms with E-state index in [1.807, 2.05) is 13.0 Å². The number of halogens is 2. The fourth-order valence-corrected chi connectivity index (χ4v) is 3.11. The molecule has 0 radical (unpaired) electrons. The Hall–Kier alpha value is -0.980. The van der Waals surface area contributed by atoms with E-state index in [1.165, 1.54) is 6.26 Å². The average Bonchev–Trinajstić information content (AvgIpc) is 2.40. The zero-order chi connectivity index (χ0) is 16.8. The fourth-order valence-electron chi connectivity index (χ4n) is 1.87. The maximum absolute atomic E-state index is 11.1. The molecule has 1 rings (SSSR count). The molecule has 0 saturated heterocycles. The van der Waals surface area contributed by atoms with Gasteiger partial charge in [0.2, 0.25) is 0 Å². The molecule has 1 unspecified atom stereocenters. The van der Waals surface area contributed by atoms with Crippen molar-refractivity contribution in [1.29, 1.82) is 0 Å². The summed E-state index contributed by atoms with van der Waals surface area (Å²) in [5, 5.41) is 7.45. The van der Waals surface area contributed by atoms with E-state index in [0.29, 0.717) is 29.0 Å². The third-order valence-corrected chi connectivity index (χ3v) is 4.58. The lowest BCUT2D eigenvalue weighted by Crippen LogP contribution is -2.39. The van der Waals surface area contributed by atoms with Crippen LogP contribution in [0.4, 0.5) is 0 Å². The van der Waals surface area contributed by atoms with Crippen LogP contribution in [0.15, 0.2) is 23.2 Å². The van der Waals surface area contributed by atoms with Crippen LogP contribution in [0.25, 0.3) is 0 Å². The second-order valence-corrected chi connectivity index (χ2v) is 8.12. The highest BCUT2D eigenvalue weighted by molar-refractivity contribution is 7.90. The fraction of sp³-hybridized carbons (Fsp3) is 0.500. The van der Waals surface area contributed by atoms with Crippen LogP contribution >= 0.6 is 23.2 Å². The third kappa shape index (κ3) is 6.85. The lowest BCUT2D eigenvalue weighted by atomic mass is 10.1. The summed E-state index contributed by atoms with van der Waals surface area (Å²) in [6, 6.07) is 5.27. The van der Waals surface area contributed by atoms with Crippen LogP contribution in [0, 0.1) is 0 Å². The molecule has 0 spiro atoms. The molecular weight excluding hydrogens is 345 g/mol. The van der Waals surface area contributed by atoms with E-state index >= 15 is 0 Å². The molecule has 0 fully saturated rings. The second-order valence-electron chi connectivity index (χ2n) is 5.01. The number of nitrogens with one attached hydrogen (secondary N) is 2. The first-order chi connectivity index (χ1) is 10.2. The highest BCUT2D eigenvalue weighted by Crippen LogP contribution is 2.25. The van der Waals surface area contributed by atoms with Gasteiger partial charge in [-0.1, -0.05) is 29.3 Å². The number of sulfone groups is 1. The van der Waals surface area contributed by atoms with Gasteiger partial charge in [0.1, 0.15) is 9.84 Å². The van der Waals surface area contributed by atoms with E-state index in [1.54, 1.807) is 19.2 Å². The Morgan fingerprint density at radius 1 is 1.36 bits per heavy atom. The minimum Gasteiger partial charge on any atom is -0.356 e.